The molecule has 0 unspecified atom stereocenters. The van der Waals surface area contributed by atoms with Gasteiger partial charge in [-0.05, 0) is 35.9 Å². The summed E-state index contributed by atoms with van der Waals surface area (Å²) >= 11 is 0. The smallest absolute Gasteiger partial charge is 0.128 e. The molecule has 4 aromatic rings. The highest BCUT2D eigenvalue weighted by Gasteiger charge is 2.07. The number of hydrogen-bond acceptors (Lipinski definition) is 6. The van der Waals surface area contributed by atoms with E-state index in [1.165, 1.54) is 0 Å². The van der Waals surface area contributed by atoms with E-state index in [1.807, 2.05) is 66.9 Å². The Kier molecular flexibility index (Phi) is 5.42. The van der Waals surface area contributed by atoms with Crippen LogP contribution in [0.5, 0.6) is 5.75 Å². The van der Waals surface area contributed by atoms with Crippen LogP contribution in [0, 0.1) is 0 Å². The van der Waals surface area contributed by atoms with Crippen molar-refractivity contribution in [2.24, 2.45) is 0 Å². The molecule has 0 amide bonds. The Morgan fingerprint density at radius 1 is 0.966 bits per heavy atom. The van der Waals surface area contributed by atoms with Gasteiger partial charge in [0.15, 0.2) is 0 Å². The molecule has 0 saturated carbocycles. The molecular weight excluding hydrogens is 362 g/mol. The first-order valence-electron chi connectivity index (χ1n) is 9.42. The number of nitrogens with two attached hydrogens (primary N) is 1. The van der Waals surface area contributed by atoms with Crippen molar-refractivity contribution in [2.75, 3.05) is 23.5 Å². The Morgan fingerprint density at radius 3 is 2.69 bits per heavy atom. The fourth-order valence-electron chi connectivity index (χ4n) is 3.19. The average molecular weight is 385 g/mol. The molecular formula is C23H23N5O. The maximum Gasteiger partial charge on any atom is 0.128 e. The first-order valence-corrected chi connectivity index (χ1v) is 9.42. The van der Waals surface area contributed by atoms with Crippen molar-refractivity contribution in [1.29, 1.82) is 0 Å². The van der Waals surface area contributed by atoms with Crippen LogP contribution >= 0.6 is 0 Å². The van der Waals surface area contributed by atoms with E-state index in [1.54, 1.807) is 13.3 Å². The molecule has 0 saturated heterocycles. The highest BCUT2D eigenvalue weighted by atomic mass is 16.5. The second-order valence-electron chi connectivity index (χ2n) is 6.71. The molecule has 4 N–H and O–H groups in total. The van der Waals surface area contributed by atoms with Gasteiger partial charge in [0.2, 0.25) is 0 Å². The highest BCUT2D eigenvalue weighted by Crippen LogP contribution is 2.27. The predicted molar refractivity (Wildman–Crippen MR) is 118 cm³/mol. The van der Waals surface area contributed by atoms with Crippen molar-refractivity contribution in [3.8, 4) is 5.75 Å². The van der Waals surface area contributed by atoms with Gasteiger partial charge in [0.05, 0.1) is 12.6 Å². The quantitative estimate of drug-likeness (QED) is 0.436. The summed E-state index contributed by atoms with van der Waals surface area (Å²) in [4.78, 5) is 8.83. The molecule has 2 heterocycles. The molecule has 2 aromatic heterocycles. The van der Waals surface area contributed by atoms with Crippen LogP contribution in [0.4, 0.5) is 17.2 Å². The zero-order chi connectivity index (χ0) is 20.1. The fourth-order valence-corrected chi connectivity index (χ4v) is 3.19. The number of para-hydroxylation sites is 1. The van der Waals surface area contributed by atoms with Crippen molar-refractivity contribution >= 4 is 28.1 Å². The van der Waals surface area contributed by atoms with Crippen molar-refractivity contribution in [2.45, 2.75) is 13.1 Å². The third kappa shape index (κ3) is 4.38. The van der Waals surface area contributed by atoms with Gasteiger partial charge >= 0.3 is 0 Å². The summed E-state index contributed by atoms with van der Waals surface area (Å²) in [6.07, 6.45) is 3.62. The van der Waals surface area contributed by atoms with Crippen molar-refractivity contribution in [1.82, 2.24) is 9.97 Å². The van der Waals surface area contributed by atoms with Gasteiger partial charge in [-0.3, -0.25) is 4.98 Å². The highest BCUT2D eigenvalue weighted by molar-refractivity contribution is 5.94. The van der Waals surface area contributed by atoms with E-state index < -0.39 is 0 Å². The van der Waals surface area contributed by atoms with E-state index in [9.17, 15) is 0 Å². The lowest BCUT2D eigenvalue weighted by atomic mass is 10.1. The topological polar surface area (TPSA) is 85.1 Å². The van der Waals surface area contributed by atoms with Crippen LogP contribution in [0.25, 0.3) is 10.9 Å². The molecule has 0 spiro atoms. The van der Waals surface area contributed by atoms with Crippen LogP contribution < -0.4 is 21.1 Å². The molecule has 0 aliphatic rings. The minimum atomic E-state index is 0.604. The first-order chi connectivity index (χ1) is 14.2. The van der Waals surface area contributed by atoms with Gasteiger partial charge < -0.3 is 21.1 Å². The van der Waals surface area contributed by atoms with E-state index in [2.05, 4.69) is 15.6 Å². The number of benzene rings is 2. The van der Waals surface area contributed by atoms with E-state index in [0.717, 1.165) is 39.3 Å². The zero-order valence-corrected chi connectivity index (χ0v) is 16.2. The number of pyridine rings is 2. The minimum absolute atomic E-state index is 0.604. The lowest BCUT2D eigenvalue weighted by molar-refractivity contribution is 0.410. The second-order valence-corrected chi connectivity index (χ2v) is 6.71. The van der Waals surface area contributed by atoms with Crippen molar-refractivity contribution in [3.63, 3.8) is 0 Å². The zero-order valence-electron chi connectivity index (χ0n) is 16.2. The maximum absolute atomic E-state index is 6.32. The van der Waals surface area contributed by atoms with Gasteiger partial charge in [-0.15, -0.1) is 0 Å². The number of methoxy groups -OCH3 is 1. The third-order valence-corrected chi connectivity index (χ3v) is 4.71. The molecule has 6 heteroatoms. The van der Waals surface area contributed by atoms with E-state index in [0.29, 0.717) is 18.8 Å². The Balaban J connectivity index is 1.50. The molecule has 146 valence electrons. The predicted octanol–water partition coefficient (Wildman–Crippen LogP) is 4.44. The summed E-state index contributed by atoms with van der Waals surface area (Å²) in [6, 6.07) is 19.8. The summed E-state index contributed by atoms with van der Waals surface area (Å²) in [5.74, 6) is 1.58. The number of rotatable bonds is 7. The Morgan fingerprint density at radius 2 is 1.86 bits per heavy atom. The van der Waals surface area contributed by atoms with Crippen molar-refractivity contribution < 1.29 is 4.74 Å². The van der Waals surface area contributed by atoms with Crippen LogP contribution in [0.15, 0.2) is 73.1 Å². The van der Waals surface area contributed by atoms with Crippen LogP contribution in [0.2, 0.25) is 0 Å². The van der Waals surface area contributed by atoms with Gasteiger partial charge in [0, 0.05) is 53.9 Å². The number of fused-ring (bicyclic) bond motifs is 1. The summed E-state index contributed by atoms with van der Waals surface area (Å²) in [5.41, 5.74) is 11.0. The molecule has 0 atom stereocenters. The number of ether oxygens (including phenoxy) is 1. The normalized spacial score (nSPS) is 10.7. The number of nitrogen functional groups attached to an aromatic ring is 1. The molecule has 0 bridgehead atoms. The number of nitrogens with one attached hydrogen (secondary N) is 2. The number of nitrogens with zero attached hydrogens (tertiary/aromatic N) is 2. The van der Waals surface area contributed by atoms with Crippen LogP contribution in [0.1, 0.15) is 11.1 Å². The van der Waals surface area contributed by atoms with Gasteiger partial charge in [0.1, 0.15) is 11.6 Å². The van der Waals surface area contributed by atoms with E-state index in [4.69, 9.17) is 15.5 Å². The Bertz CT molecular complexity index is 1110. The molecule has 6 nitrogen and oxygen atoms in total. The maximum atomic E-state index is 6.32. The molecule has 0 fully saturated rings. The summed E-state index contributed by atoms with van der Waals surface area (Å²) in [6.45, 7) is 1.30. The lowest BCUT2D eigenvalue weighted by Crippen LogP contribution is -2.04. The van der Waals surface area contributed by atoms with Crippen LogP contribution in [0.3, 0.4) is 0 Å². The lowest BCUT2D eigenvalue weighted by Gasteiger charge is -2.12. The molecule has 2 aromatic carbocycles. The minimum Gasteiger partial charge on any atom is -0.496 e. The van der Waals surface area contributed by atoms with Gasteiger partial charge in [-0.1, -0.05) is 24.3 Å². The first kappa shape index (κ1) is 18.6. The number of hydrogen-bond donors (Lipinski definition) is 3. The van der Waals surface area contributed by atoms with Gasteiger partial charge in [-0.25, -0.2) is 4.98 Å². The van der Waals surface area contributed by atoms with E-state index in [-0.39, 0.29) is 0 Å². The van der Waals surface area contributed by atoms with Gasteiger partial charge in [0.25, 0.3) is 0 Å². The average Bonchev–Trinajstić information content (AvgIpc) is 2.77. The van der Waals surface area contributed by atoms with E-state index >= 15 is 0 Å². The Labute approximate surface area is 169 Å². The van der Waals surface area contributed by atoms with Crippen LogP contribution in [-0.4, -0.2) is 17.1 Å². The van der Waals surface area contributed by atoms with Crippen molar-refractivity contribution in [3.05, 3.63) is 84.2 Å². The summed E-state index contributed by atoms with van der Waals surface area (Å²) in [7, 11) is 1.67. The van der Waals surface area contributed by atoms with Gasteiger partial charge in [-0.2, -0.15) is 0 Å². The summed E-state index contributed by atoms with van der Waals surface area (Å²) in [5, 5.41) is 7.66. The standard InChI is InChI=1S/C23H23N5O/c1-29-22-7-3-2-6-17(22)15-27-23-12-20(24)19-11-18(8-9-21(19)28-23)26-14-16-5-4-10-25-13-16/h2-13,26H,14-15H2,1H3,(H3,24,27,28). The monoisotopic (exact) mass is 385 g/mol. The number of aromatic nitrogens is 2. The fraction of sp³-hybridized carbons (Fsp3) is 0.130. The largest absolute Gasteiger partial charge is 0.496 e. The Hall–Kier alpha value is -3.80. The second kappa shape index (κ2) is 8.48. The molecule has 0 radical (unpaired) electrons. The molecule has 0 aliphatic heterocycles. The molecule has 29 heavy (non-hydrogen) atoms. The third-order valence-electron chi connectivity index (χ3n) is 4.71. The van der Waals surface area contributed by atoms with Crippen LogP contribution in [-0.2, 0) is 13.1 Å². The SMILES string of the molecule is COc1ccccc1CNc1cc(N)c2cc(NCc3cccnc3)ccc2n1. The summed E-state index contributed by atoms with van der Waals surface area (Å²) < 4.78 is 5.40. The molecule has 0 aliphatic carbocycles. The number of anilines is 3. The molecule has 4 rings (SSSR count).